The monoisotopic (exact) mass is 345 g/mol. The van der Waals surface area contributed by atoms with Gasteiger partial charge in [0.2, 0.25) is 10.0 Å². The molecule has 0 bridgehead atoms. The van der Waals surface area contributed by atoms with E-state index in [1.807, 2.05) is 6.92 Å². The molecular formula is C13H16ClN3O2S2. The summed E-state index contributed by atoms with van der Waals surface area (Å²) in [5.41, 5.74) is 6.22. The van der Waals surface area contributed by atoms with Gasteiger partial charge in [-0.1, -0.05) is 17.7 Å². The minimum absolute atomic E-state index is 0.116. The van der Waals surface area contributed by atoms with Crippen LogP contribution in [0, 0.1) is 6.92 Å². The third kappa shape index (κ3) is 3.81. The Kier molecular flexibility index (Phi) is 5.00. The van der Waals surface area contributed by atoms with Crippen molar-refractivity contribution in [1.29, 1.82) is 0 Å². The number of halogens is 1. The van der Waals surface area contributed by atoms with Crippen LogP contribution in [0.3, 0.4) is 0 Å². The van der Waals surface area contributed by atoms with Gasteiger partial charge in [0.15, 0.2) is 0 Å². The first-order valence-corrected chi connectivity index (χ1v) is 8.94. The standard InChI is InChI=1S/C13H16ClN3O2S2/c1-8-7-16-13(20-8)9(2)17-21(18,19)11-4-3-10(6-15)12(14)5-11/h3-5,7,9,17H,6,15H2,1-2H3. The molecule has 0 aliphatic heterocycles. The van der Waals surface area contributed by atoms with E-state index in [-0.39, 0.29) is 11.4 Å². The fourth-order valence-electron chi connectivity index (χ4n) is 1.78. The van der Waals surface area contributed by atoms with Crippen LogP contribution in [-0.4, -0.2) is 13.4 Å². The van der Waals surface area contributed by atoms with Crippen LogP contribution < -0.4 is 10.5 Å². The van der Waals surface area contributed by atoms with E-state index in [0.717, 1.165) is 9.88 Å². The van der Waals surface area contributed by atoms with Crippen LogP contribution in [0.5, 0.6) is 0 Å². The summed E-state index contributed by atoms with van der Waals surface area (Å²) in [7, 11) is -3.65. The van der Waals surface area contributed by atoms with Crippen LogP contribution >= 0.6 is 22.9 Å². The van der Waals surface area contributed by atoms with E-state index in [0.29, 0.717) is 10.6 Å². The number of nitrogens with one attached hydrogen (secondary N) is 1. The number of hydrogen-bond donors (Lipinski definition) is 2. The Balaban J connectivity index is 2.24. The fraction of sp³-hybridized carbons (Fsp3) is 0.308. The minimum atomic E-state index is -3.65. The molecule has 1 aromatic carbocycles. The summed E-state index contributed by atoms with van der Waals surface area (Å²) >= 11 is 7.47. The predicted molar refractivity (Wildman–Crippen MR) is 84.9 cm³/mol. The number of aryl methyl sites for hydroxylation is 1. The van der Waals surface area contributed by atoms with Crippen LogP contribution in [-0.2, 0) is 16.6 Å². The Morgan fingerprint density at radius 2 is 2.19 bits per heavy atom. The number of nitrogens with zero attached hydrogens (tertiary/aromatic N) is 1. The number of hydrogen-bond acceptors (Lipinski definition) is 5. The molecular weight excluding hydrogens is 330 g/mol. The highest BCUT2D eigenvalue weighted by Crippen LogP contribution is 2.24. The van der Waals surface area contributed by atoms with E-state index in [1.54, 1.807) is 19.2 Å². The van der Waals surface area contributed by atoms with Crippen LogP contribution in [0.4, 0.5) is 0 Å². The quantitative estimate of drug-likeness (QED) is 0.872. The highest BCUT2D eigenvalue weighted by atomic mass is 35.5. The maximum Gasteiger partial charge on any atom is 0.241 e. The molecule has 3 N–H and O–H groups in total. The maximum absolute atomic E-state index is 12.4. The second-order valence-corrected chi connectivity index (χ2v) is 8.00. The molecule has 8 heteroatoms. The van der Waals surface area contributed by atoms with Gasteiger partial charge in [0.1, 0.15) is 5.01 Å². The van der Waals surface area contributed by atoms with Crippen molar-refractivity contribution < 1.29 is 8.42 Å². The Hall–Kier alpha value is -0.990. The van der Waals surface area contributed by atoms with Gasteiger partial charge in [-0.15, -0.1) is 11.3 Å². The van der Waals surface area contributed by atoms with Gasteiger partial charge in [0.25, 0.3) is 0 Å². The lowest BCUT2D eigenvalue weighted by Crippen LogP contribution is -2.26. The number of nitrogens with two attached hydrogens (primary N) is 1. The topological polar surface area (TPSA) is 85.1 Å². The van der Waals surface area contributed by atoms with Crippen LogP contribution in [0.2, 0.25) is 5.02 Å². The lowest BCUT2D eigenvalue weighted by Gasteiger charge is -2.13. The molecule has 5 nitrogen and oxygen atoms in total. The summed E-state index contributed by atoms with van der Waals surface area (Å²) in [5.74, 6) is 0. The average molecular weight is 346 g/mol. The van der Waals surface area contributed by atoms with Crippen molar-refractivity contribution in [2.24, 2.45) is 5.73 Å². The van der Waals surface area contributed by atoms with Crippen molar-refractivity contribution >= 4 is 33.0 Å². The molecule has 1 atom stereocenters. The predicted octanol–water partition coefficient (Wildman–Crippen LogP) is 2.60. The Labute approximate surface area is 133 Å². The minimum Gasteiger partial charge on any atom is -0.326 e. The van der Waals surface area contributed by atoms with Gasteiger partial charge in [-0.25, -0.2) is 18.1 Å². The number of rotatable bonds is 5. The molecule has 2 aromatic rings. The molecule has 1 unspecified atom stereocenters. The van der Waals surface area contributed by atoms with E-state index in [1.165, 1.54) is 23.5 Å². The maximum atomic E-state index is 12.4. The summed E-state index contributed by atoms with van der Waals surface area (Å²) in [6.45, 7) is 3.95. The largest absolute Gasteiger partial charge is 0.326 e. The van der Waals surface area contributed by atoms with Gasteiger partial charge in [0, 0.05) is 22.6 Å². The Morgan fingerprint density at radius 1 is 1.48 bits per heavy atom. The molecule has 0 saturated carbocycles. The Morgan fingerprint density at radius 3 is 2.71 bits per heavy atom. The zero-order valence-corrected chi connectivity index (χ0v) is 14.0. The smallest absolute Gasteiger partial charge is 0.241 e. The van der Waals surface area contributed by atoms with Crippen LogP contribution in [0.1, 0.15) is 28.4 Å². The lowest BCUT2D eigenvalue weighted by molar-refractivity contribution is 0.566. The van der Waals surface area contributed by atoms with E-state index >= 15 is 0 Å². The van der Waals surface area contributed by atoms with Gasteiger partial charge in [-0.2, -0.15) is 0 Å². The summed E-state index contributed by atoms with van der Waals surface area (Å²) in [5, 5.41) is 1.07. The Bertz CT molecular complexity index is 744. The van der Waals surface area contributed by atoms with Crippen molar-refractivity contribution in [3.8, 4) is 0 Å². The van der Waals surface area contributed by atoms with Crippen LogP contribution in [0.15, 0.2) is 29.3 Å². The number of thiazole rings is 1. The van der Waals surface area contributed by atoms with Crippen LogP contribution in [0.25, 0.3) is 0 Å². The first kappa shape index (κ1) is 16.4. The zero-order valence-electron chi connectivity index (χ0n) is 11.6. The van der Waals surface area contributed by atoms with Crippen molar-refractivity contribution in [2.75, 3.05) is 0 Å². The first-order chi connectivity index (χ1) is 9.83. The normalized spacial score (nSPS) is 13.3. The van der Waals surface area contributed by atoms with Crippen molar-refractivity contribution in [3.63, 3.8) is 0 Å². The highest BCUT2D eigenvalue weighted by molar-refractivity contribution is 7.89. The molecule has 0 saturated heterocycles. The molecule has 2 rings (SSSR count). The second kappa shape index (κ2) is 6.41. The summed E-state index contributed by atoms with van der Waals surface area (Å²) in [4.78, 5) is 5.34. The van der Waals surface area contributed by atoms with Gasteiger partial charge < -0.3 is 5.73 Å². The molecule has 21 heavy (non-hydrogen) atoms. The van der Waals surface area contributed by atoms with E-state index < -0.39 is 16.1 Å². The number of aromatic nitrogens is 1. The SMILES string of the molecule is Cc1cnc(C(C)NS(=O)(=O)c2ccc(CN)c(Cl)c2)s1. The molecule has 0 spiro atoms. The summed E-state index contributed by atoms with van der Waals surface area (Å²) in [6, 6.07) is 4.12. The highest BCUT2D eigenvalue weighted by Gasteiger charge is 2.20. The first-order valence-electron chi connectivity index (χ1n) is 6.26. The second-order valence-electron chi connectivity index (χ2n) is 4.61. The van der Waals surface area contributed by atoms with Crippen molar-refractivity contribution in [1.82, 2.24) is 9.71 Å². The molecule has 0 fully saturated rings. The summed E-state index contributed by atoms with van der Waals surface area (Å²) < 4.78 is 27.3. The molecule has 0 amide bonds. The molecule has 1 aromatic heterocycles. The van der Waals surface area contributed by atoms with E-state index in [2.05, 4.69) is 9.71 Å². The summed E-state index contributed by atoms with van der Waals surface area (Å²) in [6.07, 6.45) is 1.72. The molecule has 0 aliphatic rings. The van der Waals surface area contributed by atoms with Gasteiger partial charge in [-0.3, -0.25) is 0 Å². The molecule has 114 valence electrons. The van der Waals surface area contributed by atoms with E-state index in [4.69, 9.17) is 17.3 Å². The van der Waals surface area contributed by atoms with E-state index in [9.17, 15) is 8.42 Å². The van der Waals surface area contributed by atoms with Gasteiger partial charge in [0.05, 0.1) is 10.9 Å². The zero-order chi connectivity index (χ0) is 15.6. The third-order valence-electron chi connectivity index (χ3n) is 2.90. The average Bonchev–Trinajstić information content (AvgIpc) is 2.85. The number of sulfonamides is 1. The molecule has 1 heterocycles. The fourth-order valence-corrected chi connectivity index (χ4v) is 4.19. The number of benzene rings is 1. The lowest BCUT2D eigenvalue weighted by atomic mass is 10.2. The van der Waals surface area contributed by atoms with Gasteiger partial charge >= 0.3 is 0 Å². The molecule has 0 radical (unpaired) electrons. The van der Waals surface area contributed by atoms with Crippen molar-refractivity contribution in [2.45, 2.75) is 31.3 Å². The van der Waals surface area contributed by atoms with Crippen molar-refractivity contribution in [3.05, 3.63) is 44.9 Å². The van der Waals surface area contributed by atoms with Gasteiger partial charge in [-0.05, 0) is 31.5 Å². The third-order valence-corrected chi connectivity index (χ3v) is 5.88. The molecule has 0 aliphatic carbocycles.